The average Bonchev–Trinajstić information content (AvgIpc) is 3.00. The molecule has 0 bridgehead atoms. The zero-order valence-electron chi connectivity index (χ0n) is 17.0. The highest BCUT2D eigenvalue weighted by molar-refractivity contribution is 5.88. The number of nitrogens with one attached hydrogen (secondary N) is 1. The first-order chi connectivity index (χ1) is 13.6. The van der Waals surface area contributed by atoms with Crippen molar-refractivity contribution in [2.45, 2.75) is 83.7 Å². The molecular weight excluding hydrogens is 352 g/mol. The third-order valence-electron chi connectivity index (χ3n) is 5.91. The Labute approximate surface area is 167 Å². The molecule has 1 unspecified atom stereocenters. The van der Waals surface area contributed by atoms with Gasteiger partial charge in [0.2, 0.25) is 5.91 Å². The summed E-state index contributed by atoms with van der Waals surface area (Å²) in [5.74, 6) is -0.640. The molecule has 2 N–H and O–H groups in total. The predicted octanol–water partition coefficient (Wildman–Crippen LogP) is 4.62. The van der Waals surface area contributed by atoms with Crippen molar-refractivity contribution in [1.82, 2.24) is 9.88 Å². The number of aromatic nitrogens is 1. The van der Waals surface area contributed by atoms with Gasteiger partial charge in [-0.1, -0.05) is 51.3 Å². The maximum Gasteiger partial charge on any atom is 0.326 e. The molecule has 1 aromatic heterocycles. The van der Waals surface area contributed by atoms with E-state index in [4.69, 9.17) is 0 Å². The SMILES string of the molecule is CCCCCCC(=O)N[C@H]1CCc2c(c3ccccc3n2C(CC)C(=O)O)C1. The van der Waals surface area contributed by atoms with Crippen LogP contribution in [-0.2, 0) is 22.4 Å². The summed E-state index contributed by atoms with van der Waals surface area (Å²) in [6, 6.07) is 7.65. The van der Waals surface area contributed by atoms with Crippen LogP contribution in [0.5, 0.6) is 0 Å². The van der Waals surface area contributed by atoms with Gasteiger partial charge in [-0.25, -0.2) is 4.79 Å². The largest absolute Gasteiger partial charge is 0.480 e. The number of fused-ring (bicyclic) bond motifs is 3. The van der Waals surface area contributed by atoms with E-state index in [-0.39, 0.29) is 11.9 Å². The van der Waals surface area contributed by atoms with Crippen molar-refractivity contribution in [3.05, 3.63) is 35.5 Å². The Bertz CT molecular complexity index is 840. The number of rotatable bonds is 9. The van der Waals surface area contributed by atoms with Gasteiger partial charge < -0.3 is 15.0 Å². The third-order valence-corrected chi connectivity index (χ3v) is 5.91. The number of nitrogens with zero attached hydrogens (tertiary/aromatic N) is 1. The normalized spacial score (nSPS) is 17.3. The standard InChI is InChI=1S/C23H32N2O3/c1-3-5-6-7-12-22(26)24-16-13-14-21-18(15-16)17-10-8-9-11-20(17)25(21)19(4-2)23(27)28/h8-11,16,19H,3-7,12-15H2,1-2H3,(H,24,26)(H,27,28)/t16-,19?/m0/s1. The van der Waals surface area contributed by atoms with Crippen LogP contribution in [0.1, 0.15) is 76.1 Å². The van der Waals surface area contributed by atoms with Gasteiger partial charge in [-0.05, 0) is 43.7 Å². The first kappa shape index (κ1) is 20.4. The van der Waals surface area contributed by atoms with E-state index in [1.54, 1.807) is 0 Å². The van der Waals surface area contributed by atoms with Gasteiger partial charge in [-0.15, -0.1) is 0 Å². The van der Waals surface area contributed by atoms with Crippen LogP contribution in [0.25, 0.3) is 10.9 Å². The van der Waals surface area contributed by atoms with Crippen LogP contribution in [0.3, 0.4) is 0 Å². The Kier molecular flexibility index (Phi) is 6.76. The summed E-state index contributed by atoms with van der Waals surface area (Å²) in [6.07, 6.45) is 8.01. The second-order valence-corrected chi connectivity index (χ2v) is 7.89. The second-order valence-electron chi connectivity index (χ2n) is 7.89. The smallest absolute Gasteiger partial charge is 0.326 e. The molecule has 0 fully saturated rings. The summed E-state index contributed by atoms with van der Waals surface area (Å²) < 4.78 is 2.02. The minimum absolute atomic E-state index is 0.135. The van der Waals surface area contributed by atoms with Crippen LogP contribution in [0.15, 0.2) is 24.3 Å². The molecule has 1 aliphatic carbocycles. The number of unbranched alkanes of at least 4 members (excludes halogenated alkanes) is 3. The fourth-order valence-corrected chi connectivity index (χ4v) is 4.50. The summed E-state index contributed by atoms with van der Waals surface area (Å²) in [4.78, 5) is 24.1. The Morgan fingerprint density at radius 1 is 1.21 bits per heavy atom. The lowest BCUT2D eigenvalue weighted by Crippen LogP contribution is -2.39. The molecule has 0 saturated heterocycles. The van der Waals surface area contributed by atoms with Crippen molar-refractivity contribution in [3.8, 4) is 0 Å². The first-order valence-electron chi connectivity index (χ1n) is 10.7. The topological polar surface area (TPSA) is 71.3 Å². The molecule has 5 nitrogen and oxygen atoms in total. The molecule has 0 saturated carbocycles. The van der Waals surface area contributed by atoms with Gasteiger partial charge >= 0.3 is 5.97 Å². The molecule has 5 heteroatoms. The predicted molar refractivity (Wildman–Crippen MR) is 112 cm³/mol. The molecule has 152 valence electrons. The molecule has 0 aliphatic heterocycles. The van der Waals surface area contributed by atoms with Gasteiger partial charge in [0.1, 0.15) is 6.04 Å². The van der Waals surface area contributed by atoms with E-state index in [0.717, 1.165) is 48.7 Å². The molecule has 1 heterocycles. The number of hydrogen-bond acceptors (Lipinski definition) is 2. The van der Waals surface area contributed by atoms with Gasteiger partial charge in [0.15, 0.2) is 0 Å². The molecule has 2 aromatic rings. The molecule has 1 aliphatic rings. The van der Waals surface area contributed by atoms with E-state index in [9.17, 15) is 14.7 Å². The van der Waals surface area contributed by atoms with Gasteiger partial charge in [0.25, 0.3) is 0 Å². The van der Waals surface area contributed by atoms with Gasteiger partial charge in [0, 0.05) is 29.1 Å². The molecule has 0 spiro atoms. The number of para-hydroxylation sites is 1. The third kappa shape index (κ3) is 4.23. The number of carbonyl (C=O) groups excluding carboxylic acids is 1. The van der Waals surface area contributed by atoms with Crippen molar-refractivity contribution in [1.29, 1.82) is 0 Å². The number of carboxylic acid groups (broad SMARTS) is 1. The monoisotopic (exact) mass is 384 g/mol. The summed E-state index contributed by atoms with van der Waals surface area (Å²) in [5.41, 5.74) is 3.33. The highest BCUT2D eigenvalue weighted by Crippen LogP contribution is 2.35. The molecular formula is C23H32N2O3. The first-order valence-corrected chi connectivity index (χ1v) is 10.7. The number of benzene rings is 1. The zero-order valence-corrected chi connectivity index (χ0v) is 17.0. The minimum atomic E-state index is -0.784. The Balaban J connectivity index is 1.80. The lowest BCUT2D eigenvalue weighted by atomic mass is 9.91. The van der Waals surface area contributed by atoms with Crippen molar-refractivity contribution >= 4 is 22.8 Å². The number of hydrogen-bond donors (Lipinski definition) is 2. The van der Waals surface area contributed by atoms with Gasteiger partial charge in [0.05, 0.1) is 0 Å². The Morgan fingerprint density at radius 2 is 2.00 bits per heavy atom. The van der Waals surface area contributed by atoms with Crippen molar-refractivity contribution in [3.63, 3.8) is 0 Å². The van der Waals surface area contributed by atoms with E-state index in [1.807, 2.05) is 29.7 Å². The number of aliphatic carboxylic acids is 1. The summed E-state index contributed by atoms with van der Waals surface area (Å²) in [5, 5.41) is 14.1. The molecule has 1 aromatic carbocycles. The average molecular weight is 385 g/mol. The van der Waals surface area contributed by atoms with E-state index in [0.29, 0.717) is 12.8 Å². The fraction of sp³-hybridized carbons (Fsp3) is 0.565. The van der Waals surface area contributed by atoms with E-state index in [2.05, 4.69) is 18.3 Å². The molecule has 1 amide bonds. The van der Waals surface area contributed by atoms with Crippen LogP contribution >= 0.6 is 0 Å². The van der Waals surface area contributed by atoms with E-state index >= 15 is 0 Å². The molecule has 3 rings (SSSR count). The Hall–Kier alpha value is -2.30. The Morgan fingerprint density at radius 3 is 2.71 bits per heavy atom. The van der Waals surface area contributed by atoms with Gasteiger partial charge in [-0.3, -0.25) is 4.79 Å². The van der Waals surface area contributed by atoms with Crippen molar-refractivity contribution < 1.29 is 14.7 Å². The van der Waals surface area contributed by atoms with Crippen LogP contribution in [-0.4, -0.2) is 27.6 Å². The highest BCUT2D eigenvalue weighted by Gasteiger charge is 2.30. The fourth-order valence-electron chi connectivity index (χ4n) is 4.50. The zero-order chi connectivity index (χ0) is 20.1. The lowest BCUT2D eigenvalue weighted by molar-refractivity contribution is -0.141. The van der Waals surface area contributed by atoms with Gasteiger partial charge in [-0.2, -0.15) is 0 Å². The number of carbonyl (C=O) groups is 2. The van der Waals surface area contributed by atoms with Crippen molar-refractivity contribution in [2.75, 3.05) is 0 Å². The van der Waals surface area contributed by atoms with E-state index < -0.39 is 12.0 Å². The highest BCUT2D eigenvalue weighted by atomic mass is 16.4. The second kappa shape index (κ2) is 9.26. The lowest BCUT2D eigenvalue weighted by Gasteiger charge is -2.26. The summed E-state index contributed by atoms with van der Waals surface area (Å²) in [6.45, 7) is 4.09. The van der Waals surface area contributed by atoms with E-state index in [1.165, 1.54) is 18.4 Å². The maximum absolute atomic E-state index is 12.3. The number of amides is 1. The van der Waals surface area contributed by atoms with Crippen LogP contribution < -0.4 is 5.32 Å². The maximum atomic E-state index is 12.3. The summed E-state index contributed by atoms with van der Waals surface area (Å²) >= 11 is 0. The quantitative estimate of drug-likeness (QED) is 0.620. The van der Waals surface area contributed by atoms with Crippen LogP contribution in [0.2, 0.25) is 0 Å². The minimum Gasteiger partial charge on any atom is -0.480 e. The molecule has 28 heavy (non-hydrogen) atoms. The molecule has 0 radical (unpaired) electrons. The molecule has 2 atom stereocenters. The summed E-state index contributed by atoms with van der Waals surface area (Å²) in [7, 11) is 0. The van der Waals surface area contributed by atoms with Crippen molar-refractivity contribution in [2.24, 2.45) is 0 Å². The number of carboxylic acids is 1. The van der Waals surface area contributed by atoms with Crippen LogP contribution in [0, 0.1) is 0 Å². The van der Waals surface area contributed by atoms with Crippen LogP contribution in [0.4, 0.5) is 0 Å².